The van der Waals surface area contributed by atoms with Crippen LogP contribution < -0.4 is 14.8 Å². The number of nitrogens with zero attached hydrogens (tertiary/aromatic N) is 5. The summed E-state index contributed by atoms with van der Waals surface area (Å²) < 4.78 is 39.0. The summed E-state index contributed by atoms with van der Waals surface area (Å²) in [5.74, 6) is -2.46. The van der Waals surface area contributed by atoms with Gasteiger partial charge >= 0.3 is 12.2 Å². The summed E-state index contributed by atoms with van der Waals surface area (Å²) in [6.07, 6.45) is -0.593. The van der Waals surface area contributed by atoms with Gasteiger partial charge in [0.25, 0.3) is 5.69 Å². The maximum atomic E-state index is 14.9. The minimum absolute atomic E-state index is 0.0262. The molecule has 278 valence electrons. The summed E-state index contributed by atoms with van der Waals surface area (Å²) in [5.41, 5.74) is 1.26. The molecule has 0 saturated carbocycles. The first-order chi connectivity index (χ1) is 26.0. The van der Waals surface area contributed by atoms with Crippen LogP contribution in [0.5, 0.6) is 11.5 Å². The largest absolute Gasteiger partial charge is 0.519 e. The normalized spacial score (nSPS) is 17.1. The summed E-state index contributed by atoms with van der Waals surface area (Å²) in [7, 11) is 0. The number of hydrogen-bond donors (Lipinski definition) is 1. The molecule has 0 bridgehead atoms. The zero-order valence-corrected chi connectivity index (χ0v) is 28.7. The highest BCUT2D eigenvalue weighted by atomic mass is 19.1. The molecule has 54 heavy (non-hydrogen) atoms. The van der Waals surface area contributed by atoms with E-state index in [1.807, 2.05) is 30.3 Å². The molecule has 0 unspecified atom stereocenters. The van der Waals surface area contributed by atoms with Crippen LogP contribution >= 0.6 is 0 Å². The van der Waals surface area contributed by atoms with Gasteiger partial charge in [0, 0.05) is 49.8 Å². The Bertz CT molecular complexity index is 2050. The Morgan fingerprint density at radius 1 is 0.926 bits per heavy atom. The van der Waals surface area contributed by atoms with E-state index in [0.717, 1.165) is 17.7 Å². The van der Waals surface area contributed by atoms with E-state index in [1.165, 1.54) is 62.3 Å². The topological polar surface area (TPSA) is 155 Å². The van der Waals surface area contributed by atoms with E-state index in [9.17, 15) is 38.1 Å². The lowest BCUT2D eigenvalue weighted by Crippen LogP contribution is -2.76. The predicted octanol–water partition coefficient (Wildman–Crippen LogP) is 5.19. The van der Waals surface area contributed by atoms with E-state index >= 15 is 0 Å². The highest BCUT2D eigenvalue weighted by Gasteiger charge is 2.51. The quantitative estimate of drug-likeness (QED) is 0.0720. The summed E-state index contributed by atoms with van der Waals surface area (Å²) in [5, 5.41) is 16.7. The van der Waals surface area contributed by atoms with Gasteiger partial charge < -0.3 is 24.6 Å². The zero-order valence-electron chi connectivity index (χ0n) is 28.7. The van der Waals surface area contributed by atoms with Crippen molar-refractivity contribution in [2.75, 3.05) is 19.6 Å². The van der Waals surface area contributed by atoms with Gasteiger partial charge in [-0.25, -0.2) is 28.4 Å². The van der Waals surface area contributed by atoms with Crippen molar-refractivity contribution in [1.29, 1.82) is 0 Å². The molecule has 2 aliphatic heterocycles. The van der Waals surface area contributed by atoms with Crippen LogP contribution in [0.1, 0.15) is 16.7 Å². The van der Waals surface area contributed by atoms with Gasteiger partial charge in [-0.2, -0.15) is 0 Å². The number of rotatable bonds is 11. The van der Waals surface area contributed by atoms with E-state index in [2.05, 4.69) is 11.9 Å². The summed E-state index contributed by atoms with van der Waals surface area (Å²) >= 11 is 0. The fourth-order valence-electron chi connectivity index (χ4n) is 6.32. The highest BCUT2D eigenvalue weighted by molar-refractivity contribution is 5.91. The second-order valence-corrected chi connectivity index (χ2v) is 12.4. The molecule has 4 aromatic carbocycles. The summed E-state index contributed by atoms with van der Waals surface area (Å²) in [4.78, 5) is 67.4. The molecule has 4 aromatic rings. The number of nitrogens with one attached hydrogen (secondary N) is 1. The van der Waals surface area contributed by atoms with Gasteiger partial charge in [-0.05, 0) is 41.5 Å². The number of fused-ring (bicyclic) bond motifs is 1. The first-order valence-corrected chi connectivity index (χ1v) is 16.7. The second-order valence-electron chi connectivity index (χ2n) is 12.4. The molecule has 2 heterocycles. The van der Waals surface area contributed by atoms with E-state index in [0.29, 0.717) is 5.56 Å². The second kappa shape index (κ2) is 16.3. The minimum atomic E-state index is -1.14. The first kappa shape index (κ1) is 37.1. The molecule has 0 aliphatic carbocycles. The van der Waals surface area contributed by atoms with Crippen LogP contribution in [0.25, 0.3) is 0 Å². The number of carbonyl (C=O) groups excluding carboxylic acids is 4. The number of hydrazine groups is 1. The molecule has 0 radical (unpaired) electrons. The number of amides is 4. The van der Waals surface area contributed by atoms with E-state index in [4.69, 9.17) is 9.47 Å². The maximum absolute atomic E-state index is 14.9. The standard InChI is InChI=1S/C38H34F2N6O8/c1-2-18-43-24-35(47)44-33(19-25-8-14-30(15-9-25)53-38(50)54-31-16-12-29(13-17-31)46(51)52)36(48)42(22-27-10-11-28(39)20-32(27)40)23-34(44)45(43)37(49)41-21-26-6-4-3-5-7-26/h2-17,20,33-34H,1,18-19,21-24H2,(H,41,49)/t33-,34-/m0/s1. The average Bonchev–Trinajstić information content (AvgIpc) is 3.15. The minimum Gasteiger partial charge on any atom is -0.395 e. The fraction of sp³-hybridized carbons (Fsp3) is 0.211. The molecule has 2 saturated heterocycles. The molecular formula is C38H34F2N6O8. The van der Waals surface area contributed by atoms with Crippen molar-refractivity contribution in [2.24, 2.45) is 0 Å². The molecule has 0 spiro atoms. The number of hydrogen-bond acceptors (Lipinski definition) is 9. The number of non-ortho nitro benzene ring substituents is 1. The van der Waals surface area contributed by atoms with Crippen LogP contribution in [0.3, 0.4) is 0 Å². The van der Waals surface area contributed by atoms with Crippen molar-refractivity contribution in [3.8, 4) is 11.5 Å². The van der Waals surface area contributed by atoms with E-state index in [-0.39, 0.29) is 61.9 Å². The number of nitro benzene ring substituents is 1. The van der Waals surface area contributed by atoms with Crippen LogP contribution in [0, 0.1) is 21.7 Å². The average molecular weight is 741 g/mol. The molecule has 2 aliphatic rings. The zero-order chi connectivity index (χ0) is 38.4. The molecule has 16 heteroatoms. The van der Waals surface area contributed by atoms with Crippen LogP contribution in [-0.4, -0.2) is 80.6 Å². The van der Waals surface area contributed by atoms with Gasteiger partial charge in [0.1, 0.15) is 35.3 Å². The first-order valence-electron chi connectivity index (χ1n) is 16.7. The van der Waals surface area contributed by atoms with Crippen LogP contribution in [-0.2, 0) is 29.1 Å². The van der Waals surface area contributed by atoms with E-state index in [1.54, 1.807) is 18.2 Å². The Hall–Kier alpha value is -6.68. The molecule has 0 aromatic heterocycles. The predicted molar refractivity (Wildman–Crippen MR) is 188 cm³/mol. The van der Waals surface area contributed by atoms with Gasteiger partial charge in [-0.1, -0.05) is 54.6 Å². The number of urea groups is 1. The lowest BCUT2D eigenvalue weighted by molar-refractivity contribution is -0.384. The molecule has 14 nitrogen and oxygen atoms in total. The van der Waals surface area contributed by atoms with Crippen molar-refractivity contribution in [3.05, 3.63) is 148 Å². The molecule has 2 fully saturated rings. The van der Waals surface area contributed by atoms with Gasteiger partial charge in [-0.15, -0.1) is 6.58 Å². The van der Waals surface area contributed by atoms with Gasteiger partial charge in [0.2, 0.25) is 11.8 Å². The third kappa shape index (κ3) is 8.50. The number of halogens is 2. The Balaban J connectivity index is 1.25. The number of benzene rings is 4. The maximum Gasteiger partial charge on any atom is 0.519 e. The smallest absolute Gasteiger partial charge is 0.395 e. The Kier molecular flexibility index (Phi) is 11.2. The van der Waals surface area contributed by atoms with Gasteiger partial charge in [0.15, 0.2) is 0 Å². The Labute approximate surface area is 307 Å². The summed E-state index contributed by atoms with van der Waals surface area (Å²) in [6, 6.07) is 21.5. The third-order valence-corrected chi connectivity index (χ3v) is 8.84. The Morgan fingerprint density at radius 2 is 1.59 bits per heavy atom. The van der Waals surface area contributed by atoms with Gasteiger partial charge in [-0.3, -0.25) is 19.7 Å². The van der Waals surface area contributed by atoms with E-state index < -0.39 is 52.8 Å². The fourth-order valence-corrected chi connectivity index (χ4v) is 6.32. The molecule has 2 atom stereocenters. The molecular weight excluding hydrogens is 706 g/mol. The Morgan fingerprint density at radius 3 is 2.22 bits per heavy atom. The van der Waals surface area contributed by atoms with Crippen LogP contribution in [0.2, 0.25) is 0 Å². The number of piperazine rings is 1. The molecule has 6 rings (SSSR count). The number of carbonyl (C=O) groups is 4. The lowest BCUT2D eigenvalue weighted by atomic mass is 9.98. The monoisotopic (exact) mass is 740 g/mol. The highest BCUT2D eigenvalue weighted by Crippen LogP contribution is 2.30. The van der Waals surface area contributed by atoms with Crippen molar-refractivity contribution in [1.82, 2.24) is 25.1 Å². The molecule has 4 amide bonds. The summed E-state index contributed by atoms with van der Waals surface area (Å²) in [6.45, 7) is 3.42. The molecule has 1 N–H and O–H groups in total. The van der Waals surface area contributed by atoms with Crippen molar-refractivity contribution in [3.63, 3.8) is 0 Å². The van der Waals surface area contributed by atoms with Crippen molar-refractivity contribution in [2.45, 2.75) is 31.7 Å². The number of ether oxygens (including phenoxy) is 2. The third-order valence-electron chi connectivity index (χ3n) is 8.84. The SMILES string of the molecule is C=CCN1CC(=O)N2[C@@H](Cc3ccc(OC(=O)Oc4ccc([N+](=O)[O-])cc4)cc3)C(=O)N(Cc3ccc(F)cc3F)C[C@@H]2N1C(=O)NCc1ccccc1. The van der Waals surface area contributed by atoms with Crippen molar-refractivity contribution >= 4 is 29.7 Å². The van der Waals surface area contributed by atoms with Crippen molar-refractivity contribution < 1.29 is 42.4 Å². The van der Waals surface area contributed by atoms with Crippen LogP contribution in [0.15, 0.2) is 110 Å². The van der Waals surface area contributed by atoms with Gasteiger partial charge in [0.05, 0.1) is 18.0 Å². The lowest BCUT2D eigenvalue weighted by Gasteiger charge is -2.55. The number of nitro groups is 1. The van der Waals surface area contributed by atoms with Crippen LogP contribution in [0.4, 0.5) is 24.1 Å².